The van der Waals surface area contributed by atoms with Crippen LogP contribution in [0.15, 0.2) is 94.3 Å². The third kappa shape index (κ3) is 7.86. The molecule has 50 heavy (non-hydrogen) atoms. The van der Waals surface area contributed by atoms with Crippen molar-refractivity contribution in [1.29, 1.82) is 0 Å². The molecule has 0 aromatic heterocycles. The molecule has 0 radical (unpaired) electrons. The molecule has 0 saturated carbocycles. The van der Waals surface area contributed by atoms with Gasteiger partial charge in [-0.15, -0.1) is 0 Å². The molecule has 1 aliphatic carbocycles. The Morgan fingerprint density at radius 3 is 2.30 bits per heavy atom. The highest BCUT2D eigenvalue weighted by atomic mass is 32.2. The van der Waals surface area contributed by atoms with Crippen LogP contribution in [0.2, 0.25) is 0 Å². The van der Waals surface area contributed by atoms with Crippen molar-refractivity contribution in [2.45, 2.75) is 102 Å². The lowest BCUT2D eigenvalue weighted by Gasteiger charge is -2.27. The summed E-state index contributed by atoms with van der Waals surface area (Å²) >= 11 is 0. The third-order valence-electron chi connectivity index (χ3n) is 10.4. The summed E-state index contributed by atoms with van der Waals surface area (Å²) in [5, 5.41) is 11.6. The van der Waals surface area contributed by atoms with E-state index in [9.17, 15) is 31.0 Å². The quantitative estimate of drug-likeness (QED) is 0.107. The molecular formula is C39H51N2O7S2+. The van der Waals surface area contributed by atoms with Crippen molar-refractivity contribution in [2.75, 3.05) is 23.7 Å². The number of anilines is 1. The van der Waals surface area contributed by atoms with Crippen molar-refractivity contribution >= 4 is 37.3 Å². The molecular weight excluding hydrogens is 673 g/mol. The minimum atomic E-state index is -4.43. The smallest absolute Gasteiger partial charge is 0.294 e. The van der Waals surface area contributed by atoms with Gasteiger partial charge < -0.3 is 10.0 Å². The maximum Gasteiger partial charge on any atom is 0.294 e. The largest absolute Gasteiger partial charge is 0.507 e. The van der Waals surface area contributed by atoms with Crippen LogP contribution >= 0.6 is 0 Å². The second-order valence-corrected chi connectivity index (χ2v) is 17.6. The van der Waals surface area contributed by atoms with Crippen molar-refractivity contribution in [3.05, 3.63) is 100 Å². The van der Waals surface area contributed by atoms with Crippen molar-refractivity contribution in [1.82, 2.24) is 0 Å². The molecule has 2 aliphatic heterocycles. The fourth-order valence-electron chi connectivity index (χ4n) is 7.61. The SMILES string of the molecule is CCCCC[N+]1=C(/C=C/C2=C(O)C(=C/C=C3/N(CCCCS(=O)(=O)O)c4ccc(S(=O)(=O)O)cc4C3(C)C)/CCC2)C(C)(C)c2ccccc21. The molecule has 9 nitrogen and oxygen atoms in total. The van der Waals surface area contributed by atoms with Crippen molar-refractivity contribution in [2.24, 2.45) is 0 Å². The summed E-state index contributed by atoms with van der Waals surface area (Å²) in [7, 11) is -8.52. The maximum absolute atomic E-state index is 12.0. The average molecular weight is 724 g/mol. The van der Waals surface area contributed by atoms with E-state index in [-0.39, 0.29) is 28.2 Å². The van der Waals surface area contributed by atoms with Crippen LogP contribution in [-0.2, 0) is 31.1 Å². The highest BCUT2D eigenvalue weighted by Gasteiger charge is 2.44. The molecule has 3 N–H and O–H groups in total. The van der Waals surface area contributed by atoms with Crippen LogP contribution in [0.1, 0.15) is 97.1 Å². The number of para-hydroxylation sites is 1. The van der Waals surface area contributed by atoms with Gasteiger partial charge in [-0.2, -0.15) is 21.4 Å². The van der Waals surface area contributed by atoms with Gasteiger partial charge in [0, 0.05) is 47.5 Å². The van der Waals surface area contributed by atoms with E-state index < -0.39 is 25.7 Å². The summed E-state index contributed by atoms with van der Waals surface area (Å²) in [6, 6.07) is 13.1. The molecule has 0 spiro atoms. The number of rotatable bonds is 13. The Kier molecular flexibility index (Phi) is 11.0. The predicted octanol–water partition coefficient (Wildman–Crippen LogP) is 8.33. The molecule has 3 aliphatic rings. The van der Waals surface area contributed by atoms with Crippen LogP contribution in [0.25, 0.3) is 0 Å². The van der Waals surface area contributed by atoms with Gasteiger partial charge in [-0.25, -0.2) is 0 Å². The number of hydrogen-bond acceptors (Lipinski definition) is 6. The Labute approximate surface area is 297 Å². The third-order valence-corrected chi connectivity index (χ3v) is 12.0. The minimum Gasteiger partial charge on any atom is -0.507 e. The lowest BCUT2D eigenvalue weighted by molar-refractivity contribution is -0.438. The number of unbranched alkanes of at least 4 members (excludes halogenated alkanes) is 3. The first-order valence-corrected chi connectivity index (χ1v) is 20.6. The Morgan fingerprint density at radius 1 is 0.860 bits per heavy atom. The number of allylic oxidation sites excluding steroid dienone is 7. The molecule has 11 heteroatoms. The molecule has 5 rings (SSSR count). The molecule has 2 aromatic carbocycles. The maximum atomic E-state index is 12.0. The molecule has 0 bridgehead atoms. The van der Waals surface area contributed by atoms with Crippen LogP contribution in [0.5, 0.6) is 0 Å². The summed E-state index contributed by atoms with van der Waals surface area (Å²) in [6.45, 7) is 12.0. The summed E-state index contributed by atoms with van der Waals surface area (Å²) in [4.78, 5) is 1.83. The number of aliphatic hydroxyl groups excluding tert-OH is 1. The first-order valence-electron chi connectivity index (χ1n) is 17.6. The van der Waals surface area contributed by atoms with Gasteiger partial charge in [-0.1, -0.05) is 51.5 Å². The Hall–Kier alpha value is -3.51. The lowest BCUT2D eigenvalue weighted by atomic mass is 9.81. The van der Waals surface area contributed by atoms with E-state index in [0.29, 0.717) is 24.9 Å². The molecule has 0 unspecified atom stereocenters. The highest BCUT2D eigenvalue weighted by molar-refractivity contribution is 7.86. The zero-order valence-corrected chi connectivity index (χ0v) is 31.4. The fraction of sp³-hybridized carbons (Fsp3) is 0.462. The van der Waals surface area contributed by atoms with Gasteiger partial charge in [0.2, 0.25) is 5.69 Å². The number of benzene rings is 2. The van der Waals surface area contributed by atoms with E-state index in [1.54, 1.807) is 6.07 Å². The first-order chi connectivity index (χ1) is 23.5. The summed E-state index contributed by atoms with van der Waals surface area (Å²) in [5.74, 6) is -0.0899. The topological polar surface area (TPSA) is 135 Å². The Morgan fingerprint density at radius 2 is 1.60 bits per heavy atom. The van der Waals surface area contributed by atoms with Gasteiger partial charge in [0.25, 0.3) is 20.2 Å². The van der Waals surface area contributed by atoms with Crippen molar-refractivity contribution < 1.29 is 35.6 Å². The first kappa shape index (κ1) is 37.7. The van der Waals surface area contributed by atoms with Crippen LogP contribution < -0.4 is 4.90 Å². The molecule has 2 heterocycles. The van der Waals surface area contributed by atoms with Gasteiger partial charge in [0.1, 0.15) is 12.3 Å². The monoisotopic (exact) mass is 723 g/mol. The fourth-order valence-corrected chi connectivity index (χ4v) is 8.68. The van der Waals surface area contributed by atoms with Gasteiger partial charge in [-0.3, -0.25) is 9.11 Å². The van der Waals surface area contributed by atoms with Crippen LogP contribution in [-0.4, -0.2) is 60.2 Å². The second-order valence-electron chi connectivity index (χ2n) is 14.6. The molecule has 0 atom stereocenters. The number of hydrogen-bond donors (Lipinski definition) is 3. The van der Waals surface area contributed by atoms with E-state index in [4.69, 9.17) is 0 Å². The number of aliphatic hydroxyl groups is 1. The van der Waals surface area contributed by atoms with Crippen LogP contribution in [0.4, 0.5) is 11.4 Å². The van der Waals surface area contributed by atoms with E-state index in [1.165, 1.54) is 29.1 Å². The number of fused-ring (bicyclic) bond motifs is 2. The Bertz CT molecular complexity index is 2020. The van der Waals surface area contributed by atoms with Crippen LogP contribution in [0.3, 0.4) is 0 Å². The van der Waals surface area contributed by atoms with Crippen LogP contribution in [0, 0.1) is 0 Å². The predicted molar refractivity (Wildman–Crippen MR) is 200 cm³/mol. The standard InChI is InChI=1S/C39H50N2O7S2/c1-6-7-10-24-40-33-17-9-8-16-31(33)38(2,3)35(40)22-18-28-14-13-15-29(37(28)42)19-23-36-39(4,5)32-27-30(50(46,47)48)20-21-34(32)41(36)25-11-12-26-49(43,44)45/h8-9,16-23,27H,6-7,10-15,24-26H2,1-5H3,(H2,43,44,45,46,47,48)/p+1/b29-19+,36-23+. The van der Waals surface area contributed by atoms with Crippen molar-refractivity contribution in [3.8, 4) is 0 Å². The van der Waals surface area contributed by atoms with E-state index in [2.05, 4.69) is 61.8 Å². The molecule has 270 valence electrons. The van der Waals surface area contributed by atoms with E-state index in [1.807, 2.05) is 30.9 Å². The second kappa shape index (κ2) is 14.6. The van der Waals surface area contributed by atoms with Gasteiger partial charge in [0.05, 0.1) is 16.1 Å². The van der Waals surface area contributed by atoms with Gasteiger partial charge >= 0.3 is 0 Å². The molecule has 2 aromatic rings. The molecule has 0 saturated heterocycles. The van der Waals surface area contributed by atoms with Gasteiger partial charge in [-0.05, 0) is 99.4 Å². The summed E-state index contributed by atoms with van der Waals surface area (Å²) in [5.41, 5.74) is 6.90. The van der Waals surface area contributed by atoms with Gasteiger partial charge in [0.15, 0.2) is 5.71 Å². The zero-order valence-electron chi connectivity index (χ0n) is 29.8. The van der Waals surface area contributed by atoms with E-state index >= 15 is 0 Å². The zero-order chi connectivity index (χ0) is 36.5. The summed E-state index contributed by atoms with van der Waals surface area (Å²) < 4.78 is 68.1. The van der Waals surface area contributed by atoms with Crippen molar-refractivity contribution in [3.63, 3.8) is 0 Å². The highest BCUT2D eigenvalue weighted by Crippen LogP contribution is 2.49. The molecule has 0 fully saturated rings. The summed E-state index contributed by atoms with van der Waals surface area (Å²) in [6.07, 6.45) is 14.6. The number of nitrogens with zero attached hydrogens (tertiary/aromatic N) is 2. The average Bonchev–Trinajstić information content (AvgIpc) is 3.39. The minimum absolute atomic E-state index is 0.184. The normalized spacial score (nSPS) is 20.4. The Balaban J connectivity index is 1.49. The molecule has 0 amide bonds. The lowest BCUT2D eigenvalue weighted by Crippen LogP contribution is -2.28. The van der Waals surface area contributed by atoms with E-state index in [0.717, 1.165) is 61.2 Å².